The topological polar surface area (TPSA) is 46.0 Å². The molecule has 0 spiro atoms. The number of hydrogen-bond acceptors (Lipinski definition) is 3. The van der Waals surface area contributed by atoms with Crippen LogP contribution in [0, 0.1) is 13.8 Å². The zero-order chi connectivity index (χ0) is 20.0. The Morgan fingerprint density at radius 3 is 2.00 bits per heavy atom. The number of phenols is 1. The van der Waals surface area contributed by atoms with Gasteiger partial charge in [0, 0.05) is 23.3 Å². The minimum atomic E-state index is 0.274. The Labute approximate surface area is 169 Å². The largest absolute Gasteiger partial charge is 0.507 e. The lowest BCUT2D eigenvalue weighted by Crippen LogP contribution is -1.93. The molecule has 3 nitrogen and oxygen atoms in total. The van der Waals surface area contributed by atoms with Crippen molar-refractivity contribution >= 4 is 21.5 Å². The Morgan fingerprint density at radius 1 is 0.690 bits per heavy atom. The summed E-state index contributed by atoms with van der Waals surface area (Å²) in [5.74, 6) is 0.274. The molecule has 3 heteroatoms. The highest BCUT2D eigenvalue weighted by Gasteiger charge is 2.18. The van der Waals surface area contributed by atoms with E-state index >= 15 is 0 Å². The minimum Gasteiger partial charge on any atom is -0.507 e. The number of hydrogen-bond donors (Lipinski definition) is 1. The molecular formula is C26H20N2O. The highest BCUT2D eigenvalue weighted by molar-refractivity contribution is 6.20. The maximum Gasteiger partial charge on any atom is 0.128 e. The lowest BCUT2D eigenvalue weighted by atomic mass is 9.89. The third kappa shape index (κ3) is 2.83. The van der Waals surface area contributed by atoms with E-state index in [1.54, 1.807) is 6.20 Å². The molecule has 1 N–H and O–H groups in total. The number of aryl methyl sites for hydroxylation is 2. The van der Waals surface area contributed by atoms with Crippen molar-refractivity contribution in [2.45, 2.75) is 13.8 Å². The van der Waals surface area contributed by atoms with E-state index in [1.807, 2.05) is 55.6 Å². The van der Waals surface area contributed by atoms with Crippen molar-refractivity contribution in [3.63, 3.8) is 0 Å². The van der Waals surface area contributed by atoms with Crippen LogP contribution in [0.4, 0.5) is 0 Å². The van der Waals surface area contributed by atoms with Crippen LogP contribution >= 0.6 is 0 Å². The summed E-state index contributed by atoms with van der Waals surface area (Å²) in [5.41, 5.74) is 5.52. The van der Waals surface area contributed by atoms with Gasteiger partial charge in [0.25, 0.3) is 0 Å². The standard InChI is InChI=1S/C26H20N2O/c1-16-13-18-9-10-19-15-17(2)26(29)25(22-8-4-6-12-28-22)24(19)23(18)20(14-16)21-7-3-5-11-27-21/h3-15,29H,1-2H3. The number of fused-ring (bicyclic) bond motifs is 3. The van der Waals surface area contributed by atoms with Gasteiger partial charge in [-0.05, 0) is 77.5 Å². The third-order valence-corrected chi connectivity index (χ3v) is 5.39. The smallest absolute Gasteiger partial charge is 0.128 e. The van der Waals surface area contributed by atoms with Gasteiger partial charge in [0.1, 0.15) is 5.75 Å². The van der Waals surface area contributed by atoms with E-state index in [2.05, 4.69) is 41.2 Å². The fourth-order valence-corrected chi connectivity index (χ4v) is 4.12. The summed E-state index contributed by atoms with van der Waals surface area (Å²) < 4.78 is 0. The van der Waals surface area contributed by atoms with Crippen LogP contribution in [0.15, 0.2) is 79.1 Å². The van der Waals surface area contributed by atoms with Crippen LogP contribution < -0.4 is 0 Å². The zero-order valence-electron chi connectivity index (χ0n) is 16.3. The number of phenolic OH excluding ortho intramolecular Hbond substituents is 1. The number of pyridine rings is 2. The molecule has 2 aromatic heterocycles. The van der Waals surface area contributed by atoms with E-state index in [-0.39, 0.29) is 5.75 Å². The molecule has 5 aromatic rings. The molecule has 0 amide bonds. The molecular weight excluding hydrogens is 356 g/mol. The van der Waals surface area contributed by atoms with Crippen LogP contribution in [0.3, 0.4) is 0 Å². The van der Waals surface area contributed by atoms with Gasteiger partial charge in [0.15, 0.2) is 0 Å². The zero-order valence-corrected chi connectivity index (χ0v) is 16.3. The molecule has 140 valence electrons. The van der Waals surface area contributed by atoms with E-state index in [1.165, 1.54) is 5.56 Å². The highest BCUT2D eigenvalue weighted by atomic mass is 16.3. The molecule has 0 bridgehead atoms. The van der Waals surface area contributed by atoms with Crippen molar-refractivity contribution in [2.24, 2.45) is 0 Å². The number of rotatable bonds is 2. The maximum absolute atomic E-state index is 11.1. The highest BCUT2D eigenvalue weighted by Crippen LogP contribution is 2.44. The molecule has 0 unspecified atom stereocenters. The normalized spacial score (nSPS) is 11.2. The molecule has 5 rings (SSSR count). The Balaban J connectivity index is 2.04. The van der Waals surface area contributed by atoms with Crippen LogP contribution in [0.1, 0.15) is 11.1 Å². The average molecular weight is 376 g/mol. The van der Waals surface area contributed by atoms with Crippen molar-refractivity contribution in [3.8, 4) is 28.3 Å². The fourth-order valence-electron chi connectivity index (χ4n) is 4.12. The molecule has 2 heterocycles. The average Bonchev–Trinajstić information content (AvgIpc) is 2.75. The molecule has 3 aromatic carbocycles. The fraction of sp³-hybridized carbons (Fsp3) is 0.0769. The first kappa shape index (κ1) is 17.4. The maximum atomic E-state index is 11.1. The summed E-state index contributed by atoms with van der Waals surface area (Å²) >= 11 is 0. The number of aromatic hydroxyl groups is 1. The van der Waals surface area contributed by atoms with Gasteiger partial charge in [0.2, 0.25) is 0 Å². The Bertz CT molecular complexity index is 1360. The van der Waals surface area contributed by atoms with E-state index in [4.69, 9.17) is 0 Å². The second-order valence-electron chi connectivity index (χ2n) is 7.42. The summed E-state index contributed by atoms with van der Waals surface area (Å²) in [6.45, 7) is 4.03. The number of aromatic nitrogens is 2. The molecule has 0 aliphatic rings. The Morgan fingerprint density at radius 2 is 1.34 bits per heavy atom. The van der Waals surface area contributed by atoms with E-state index in [0.717, 1.165) is 49.6 Å². The van der Waals surface area contributed by atoms with E-state index < -0.39 is 0 Å². The molecule has 0 saturated carbocycles. The molecule has 0 aliphatic carbocycles. The van der Waals surface area contributed by atoms with Crippen molar-refractivity contribution < 1.29 is 5.11 Å². The van der Waals surface area contributed by atoms with Gasteiger partial charge < -0.3 is 5.11 Å². The van der Waals surface area contributed by atoms with E-state index in [0.29, 0.717) is 0 Å². The Hall–Kier alpha value is -3.72. The van der Waals surface area contributed by atoms with Crippen LogP contribution in [-0.4, -0.2) is 15.1 Å². The molecule has 0 aliphatic heterocycles. The first-order valence-electron chi connectivity index (χ1n) is 9.66. The van der Waals surface area contributed by atoms with Crippen LogP contribution in [0.5, 0.6) is 5.75 Å². The second-order valence-corrected chi connectivity index (χ2v) is 7.42. The monoisotopic (exact) mass is 376 g/mol. The first-order valence-corrected chi connectivity index (χ1v) is 9.66. The second kappa shape index (κ2) is 6.71. The van der Waals surface area contributed by atoms with Crippen molar-refractivity contribution in [2.75, 3.05) is 0 Å². The quantitative estimate of drug-likeness (QED) is 0.361. The lowest BCUT2D eigenvalue weighted by Gasteiger charge is -2.17. The van der Waals surface area contributed by atoms with Crippen LogP contribution in [0.2, 0.25) is 0 Å². The van der Waals surface area contributed by atoms with Crippen molar-refractivity contribution in [3.05, 3.63) is 90.3 Å². The summed E-state index contributed by atoms with van der Waals surface area (Å²) in [4.78, 5) is 9.16. The number of nitrogens with zero attached hydrogens (tertiary/aromatic N) is 2. The van der Waals surface area contributed by atoms with Gasteiger partial charge in [-0.25, -0.2) is 0 Å². The van der Waals surface area contributed by atoms with Crippen LogP contribution in [-0.2, 0) is 0 Å². The molecule has 0 radical (unpaired) electrons. The summed E-state index contributed by atoms with van der Waals surface area (Å²) in [6.07, 6.45) is 3.58. The van der Waals surface area contributed by atoms with E-state index in [9.17, 15) is 5.11 Å². The van der Waals surface area contributed by atoms with Crippen molar-refractivity contribution in [1.82, 2.24) is 9.97 Å². The molecule has 0 atom stereocenters. The lowest BCUT2D eigenvalue weighted by molar-refractivity contribution is 0.474. The predicted molar refractivity (Wildman–Crippen MR) is 119 cm³/mol. The molecule has 0 saturated heterocycles. The summed E-state index contributed by atoms with van der Waals surface area (Å²) in [6, 6.07) is 22.4. The Kier molecular flexibility index (Phi) is 4.02. The van der Waals surface area contributed by atoms with Crippen molar-refractivity contribution in [1.29, 1.82) is 0 Å². The molecule has 29 heavy (non-hydrogen) atoms. The predicted octanol–water partition coefficient (Wildman–Crippen LogP) is 6.44. The first-order chi connectivity index (χ1) is 14.1. The SMILES string of the molecule is Cc1cc(-c2ccccn2)c2c(ccc3cc(C)c(O)c(-c4ccccn4)c32)c1. The number of benzene rings is 3. The summed E-state index contributed by atoms with van der Waals surface area (Å²) in [7, 11) is 0. The molecule has 0 fully saturated rings. The third-order valence-electron chi connectivity index (χ3n) is 5.39. The van der Waals surface area contributed by atoms with Crippen LogP contribution in [0.25, 0.3) is 44.1 Å². The van der Waals surface area contributed by atoms with Gasteiger partial charge in [-0.3, -0.25) is 9.97 Å². The summed E-state index contributed by atoms with van der Waals surface area (Å²) in [5, 5.41) is 15.4. The van der Waals surface area contributed by atoms with Gasteiger partial charge >= 0.3 is 0 Å². The van der Waals surface area contributed by atoms with Gasteiger partial charge in [-0.2, -0.15) is 0 Å². The van der Waals surface area contributed by atoms with Gasteiger partial charge in [-0.1, -0.05) is 30.3 Å². The van der Waals surface area contributed by atoms with Gasteiger partial charge in [-0.15, -0.1) is 0 Å². The minimum absolute atomic E-state index is 0.274. The van der Waals surface area contributed by atoms with Gasteiger partial charge in [0.05, 0.1) is 17.0 Å².